The Morgan fingerprint density at radius 1 is 1.28 bits per heavy atom. The summed E-state index contributed by atoms with van der Waals surface area (Å²) in [4.78, 5) is 0. The van der Waals surface area contributed by atoms with Crippen LogP contribution in [0.25, 0.3) is 0 Å². The van der Waals surface area contributed by atoms with Crippen molar-refractivity contribution in [1.82, 2.24) is 0 Å². The van der Waals surface area contributed by atoms with Crippen molar-refractivity contribution in [2.45, 2.75) is 31.8 Å². The molecule has 1 aromatic rings. The number of nitriles is 1. The summed E-state index contributed by atoms with van der Waals surface area (Å²) in [5.41, 5.74) is 0.746. The van der Waals surface area contributed by atoms with Crippen molar-refractivity contribution in [2.24, 2.45) is 0 Å². The predicted octanol–water partition coefficient (Wildman–Crippen LogP) is 2.47. The van der Waals surface area contributed by atoms with E-state index < -0.39 is 12.0 Å². The number of aliphatic hydroxyl groups is 1. The van der Waals surface area contributed by atoms with E-state index in [1.807, 2.05) is 6.92 Å². The molecule has 0 spiro atoms. The lowest BCUT2D eigenvalue weighted by Gasteiger charge is -2.17. The summed E-state index contributed by atoms with van der Waals surface area (Å²) >= 11 is 0. The standard InChI is InChI=1S/C14H19NO3/c1-4-5-12(16)11(9-15)10-6-7-13(17-2)14(8-10)18-3/h6-8,11-12,16H,4-5H2,1-3H3. The minimum atomic E-state index is -0.655. The van der Waals surface area contributed by atoms with E-state index in [1.165, 1.54) is 0 Å². The minimum absolute atomic E-state index is 0.537. The molecule has 0 amide bonds. The molecule has 0 saturated heterocycles. The van der Waals surface area contributed by atoms with Crippen LogP contribution >= 0.6 is 0 Å². The van der Waals surface area contributed by atoms with E-state index in [9.17, 15) is 10.4 Å². The largest absolute Gasteiger partial charge is 0.493 e. The van der Waals surface area contributed by atoms with Crippen molar-refractivity contribution < 1.29 is 14.6 Å². The van der Waals surface area contributed by atoms with Gasteiger partial charge in [0.2, 0.25) is 0 Å². The number of benzene rings is 1. The molecule has 4 heteroatoms. The Labute approximate surface area is 108 Å². The van der Waals surface area contributed by atoms with Gasteiger partial charge in [0.05, 0.1) is 32.3 Å². The van der Waals surface area contributed by atoms with Gasteiger partial charge >= 0.3 is 0 Å². The van der Waals surface area contributed by atoms with Gasteiger partial charge in [0.15, 0.2) is 11.5 Å². The molecule has 1 N–H and O–H groups in total. The van der Waals surface area contributed by atoms with E-state index in [-0.39, 0.29) is 0 Å². The summed E-state index contributed by atoms with van der Waals surface area (Å²) < 4.78 is 10.3. The van der Waals surface area contributed by atoms with Gasteiger partial charge in [-0.2, -0.15) is 5.26 Å². The molecule has 0 aliphatic rings. The van der Waals surface area contributed by atoms with Gasteiger partial charge in [-0.3, -0.25) is 0 Å². The molecule has 18 heavy (non-hydrogen) atoms. The van der Waals surface area contributed by atoms with Crippen LogP contribution in [-0.2, 0) is 0 Å². The maximum atomic E-state index is 9.96. The van der Waals surface area contributed by atoms with Crippen LogP contribution in [0.3, 0.4) is 0 Å². The Morgan fingerprint density at radius 3 is 2.44 bits per heavy atom. The lowest BCUT2D eigenvalue weighted by atomic mass is 9.92. The first kappa shape index (κ1) is 14.3. The lowest BCUT2D eigenvalue weighted by Crippen LogP contribution is -2.16. The number of aliphatic hydroxyl groups excluding tert-OH is 1. The van der Waals surface area contributed by atoms with Gasteiger partial charge in [0, 0.05) is 0 Å². The maximum Gasteiger partial charge on any atom is 0.161 e. The van der Waals surface area contributed by atoms with Gasteiger partial charge in [-0.05, 0) is 24.1 Å². The number of rotatable bonds is 6. The number of hydrogen-bond donors (Lipinski definition) is 1. The first-order valence-corrected chi connectivity index (χ1v) is 5.97. The number of ether oxygens (including phenoxy) is 2. The van der Waals surface area contributed by atoms with Gasteiger partial charge in [0.25, 0.3) is 0 Å². The topological polar surface area (TPSA) is 62.5 Å². The first-order valence-electron chi connectivity index (χ1n) is 5.97. The highest BCUT2D eigenvalue weighted by atomic mass is 16.5. The molecule has 0 saturated carbocycles. The second kappa shape index (κ2) is 6.87. The van der Waals surface area contributed by atoms with Crippen molar-refractivity contribution in [1.29, 1.82) is 5.26 Å². The molecule has 0 fully saturated rings. The Bertz CT molecular complexity index is 426. The molecule has 2 atom stereocenters. The second-order valence-corrected chi connectivity index (χ2v) is 4.08. The van der Waals surface area contributed by atoms with Crippen LogP contribution in [-0.4, -0.2) is 25.4 Å². The molecule has 0 radical (unpaired) electrons. The molecule has 0 aliphatic carbocycles. The van der Waals surface area contributed by atoms with Crippen LogP contribution in [0.1, 0.15) is 31.2 Å². The van der Waals surface area contributed by atoms with Crippen LogP contribution in [0.5, 0.6) is 11.5 Å². The summed E-state index contributed by atoms with van der Waals surface area (Å²) in [7, 11) is 3.11. The molecule has 0 bridgehead atoms. The zero-order chi connectivity index (χ0) is 13.5. The Kier molecular flexibility index (Phi) is 5.47. The monoisotopic (exact) mass is 249 g/mol. The normalized spacial score (nSPS) is 13.5. The van der Waals surface area contributed by atoms with E-state index in [0.29, 0.717) is 17.9 Å². The molecule has 4 nitrogen and oxygen atoms in total. The van der Waals surface area contributed by atoms with Crippen molar-refractivity contribution in [3.05, 3.63) is 23.8 Å². The van der Waals surface area contributed by atoms with Gasteiger partial charge in [0.1, 0.15) is 0 Å². The summed E-state index contributed by atoms with van der Waals surface area (Å²) in [6.07, 6.45) is 0.789. The second-order valence-electron chi connectivity index (χ2n) is 4.08. The number of nitrogens with zero attached hydrogens (tertiary/aromatic N) is 1. The van der Waals surface area contributed by atoms with Gasteiger partial charge in [-0.1, -0.05) is 19.4 Å². The first-order chi connectivity index (χ1) is 8.67. The highest BCUT2D eigenvalue weighted by molar-refractivity contribution is 5.45. The molecule has 1 aromatic carbocycles. The predicted molar refractivity (Wildman–Crippen MR) is 68.8 cm³/mol. The Hall–Kier alpha value is -1.73. The minimum Gasteiger partial charge on any atom is -0.493 e. The van der Waals surface area contributed by atoms with E-state index in [1.54, 1.807) is 32.4 Å². The van der Waals surface area contributed by atoms with Crippen molar-refractivity contribution in [3.63, 3.8) is 0 Å². The number of methoxy groups -OCH3 is 2. The lowest BCUT2D eigenvalue weighted by molar-refractivity contribution is 0.150. The van der Waals surface area contributed by atoms with Gasteiger partial charge < -0.3 is 14.6 Å². The molecule has 98 valence electrons. The third kappa shape index (κ3) is 3.14. The van der Waals surface area contributed by atoms with Crippen molar-refractivity contribution >= 4 is 0 Å². The average Bonchev–Trinajstić information content (AvgIpc) is 2.39. The van der Waals surface area contributed by atoms with E-state index in [2.05, 4.69) is 6.07 Å². The molecular formula is C14H19NO3. The van der Waals surface area contributed by atoms with E-state index in [4.69, 9.17) is 9.47 Å². The van der Waals surface area contributed by atoms with Crippen LogP contribution in [0.15, 0.2) is 18.2 Å². The third-order valence-electron chi connectivity index (χ3n) is 2.88. The summed E-state index contributed by atoms with van der Waals surface area (Å²) in [5, 5.41) is 19.1. The number of hydrogen-bond acceptors (Lipinski definition) is 4. The molecular weight excluding hydrogens is 230 g/mol. The fourth-order valence-corrected chi connectivity index (χ4v) is 1.89. The van der Waals surface area contributed by atoms with Crippen LogP contribution in [0, 0.1) is 11.3 Å². The molecule has 0 aliphatic heterocycles. The Balaban J connectivity index is 3.04. The summed E-state index contributed by atoms with van der Waals surface area (Å²) in [6, 6.07) is 7.42. The van der Waals surface area contributed by atoms with Gasteiger partial charge in [-0.25, -0.2) is 0 Å². The highest BCUT2D eigenvalue weighted by Gasteiger charge is 2.21. The quantitative estimate of drug-likeness (QED) is 0.841. The summed E-state index contributed by atoms with van der Waals surface area (Å²) in [5.74, 6) is 0.645. The molecule has 0 aromatic heterocycles. The van der Waals surface area contributed by atoms with Gasteiger partial charge in [-0.15, -0.1) is 0 Å². The van der Waals surface area contributed by atoms with Crippen LogP contribution < -0.4 is 9.47 Å². The van der Waals surface area contributed by atoms with E-state index in [0.717, 1.165) is 12.0 Å². The Morgan fingerprint density at radius 2 is 1.94 bits per heavy atom. The van der Waals surface area contributed by atoms with Crippen LogP contribution in [0.4, 0.5) is 0 Å². The average molecular weight is 249 g/mol. The smallest absolute Gasteiger partial charge is 0.161 e. The highest BCUT2D eigenvalue weighted by Crippen LogP contribution is 2.32. The third-order valence-corrected chi connectivity index (χ3v) is 2.88. The fourth-order valence-electron chi connectivity index (χ4n) is 1.89. The maximum absolute atomic E-state index is 9.96. The molecule has 1 rings (SSSR count). The zero-order valence-electron chi connectivity index (χ0n) is 11.0. The fraction of sp³-hybridized carbons (Fsp3) is 0.500. The SMILES string of the molecule is CCCC(O)C(C#N)c1ccc(OC)c(OC)c1. The summed E-state index contributed by atoms with van der Waals surface area (Å²) in [6.45, 7) is 1.98. The van der Waals surface area contributed by atoms with Crippen LogP contribution in [0.2, 0.25) is 0 Å². The molecule has 2 unspecified atom stereocenters. The van der Waals surface area contributed by atoms with E-state index >= 15 is 0 Å². The van der Waals surface area contributed by atoms with Crippen molar-refractivity contribution in [3.8, 4) is 17.6 Å². The zero-order valence-corrected chi connectivity index (χ0v) is 11.0. The molecule has 0 heterocycles. The van der Waals surface area contributed by atoms with Crippen molar-refractivity contribution in [2.75, 3.05) is 14.2 Å².